The van der Waals surface area contributed by atoms with E-state index in [0.29, 0.717) is 72.9 Å². The number of carboxylic acid groups (broad SMARTS) is 1. The maximum absolute atomic E-state index is 13.8. The maximum Gasteiger partial charge on any atom is 0.290 e. The van der Waals surface area contributed by atoms with Crippen molar-refractivity contribution < 1.29 is 29.1 Å². The predicted molar refractivity (Wildman–Crippen MR) is 265 cm³/mol. The second kappa shape index (κ2) is 21.0. The number of nitriles is 1. The molecule has 0 radical (unpaired) electrons. The number of rotatable bonds is 12. The fourth-order valence-corrected chi connectivity index (χ4v) is 11.5. The van der Waals surface area contributed by atoms with Crippen molar-refractivity contribution in [3.05, 3.63) is 78.5 Å². The van der Waals surface area contributed by atoms with Gasteiger partial charge in [-0.25, -0.2) is 14.5 Å². The molecule has 2 bridgehead atoms. The van der Waals surface area contributed by atoms with Gasteiger partial charge in [-0.1, -0.05) is 19.1 Å². The van der Waals surface area contributed by atoms with Crippen molar-refractivity contribution in [3.63, 3.8) is 0 Å². The number of pyridine rings is 1. The van der Waals surface area contributed by atoms with Gasteiger partial charge in [-0.2, -0.15) is 15.5 Å². The van der Waals surface area contributed by atoms with E-state index in [1.165, 1.54) is 5.56 Å². The summed E-state index contributed by atoms with van der Waals surface area (Å²) >= 11 is 0. The largest absolute Gasteiger partial charge is 0.483 e. The van der Waals surface area contributed by atoms with Crippen LogP contribution in [0.3, 0.4) is 0 Å². The molecule has 0 aliphatic carbocycles. The molecule has 19 nitrogen and oxygen atoms in total. The van der Waals surface area contributed by atoms with Gasteiger partial charge in [0.25, 0.3) is 6.47 Å². The van der Waals surface area contributed by atoms with Crippen molar-refractivity contribution in [1.82, 2.24) is 49.8 Å². The first kappa shape index (κ1) is 48.8. The molecule has 4 amide bonds. The number of hydrogen-bond acceptors (Lipinski definition) is 13. The number of hydrogen-bond donors (Lipinski definition) is 4. The highest BCUT2D eigenvalue weighted by molar-refractivity contribution is 6.01. The highest BCUT2D eigenvalue weighted by Gasteiger charge is 2.43. The normalized spacial score (nSPS) is 22.4. The average molecular weight is 966 g/mol. The van der Waals surface area contributed by atoms with E-state index in [9.17, 15) is 24.4 Å². The molecule has 5 aliphatic heterocycles. The van der Waals surface area contributed by atoms with Gasteiger partial charge in [0.2, 0.25) is 23.6 Å². The average Bonchev–Trinajstić information content (AvgIpc) is 4.10. The number of aromatic nitrogens is 6. The number of carbonyl (C=O) groups excluding carboxylic acids is 4. The number of amides is 4. The summed E-state index contributed by atoms with van der Waals surface area (Å²) in [6.07, 6.45) is 18.1. The lowest BCUT2D eigenvalue weighted by molar-refractivity contribution is -0.135. The van der Waals surface area contributed by atoms with Crippen molar-refractivity contribution in [2.45, 2.75) is 128 Å². The number of piperidine rings is 4. The Hall–Kier alpha value is -7.20. The molecular formula is C52H63N13O6. The zero-order valence-electron chi connectivity index (χ0n) is 40.7. The summed E-state index contributed by atoms with van der Waals surface area (Å²) in [6, 6.07) is 15.3. The molecule has 0 spiro atoms. The summed E-state index contributed by atoms with van der Waals surface area (Å²) in [4.78, 5) is 75.8. The maximum atomic E-state index is 13.8. The fraction of sp³-hybridized carbons (Fsp3) is 0.500. The summed E-state index contributed by atoms with van der Waals surface area (Å²) in [7, 11) is 0. The van der Waals surface area contributed by atoms with Gasteiger partial charge >= 0.3 is 0 Å². The summed E-state index contributed by atoms with van der Waals surface area (Å²) in [5, 5.41) is 35.1. The predicted octanol–water partition coefficient (Wildman–Crippen LogP) is 5.54. The molecule has 3 atom stereocenters. The van der Waals surface area contributed by atoms with E-state index in [-0.39, 0.29) is 47.6 Å². The zero-order chi connectivity index (χ0) is 49.8. The number of anilines is 2. The first-order valence-corrected chi connectivity index (χ1v) is 25.1. The van der Waals surface area contributed by atoms with Crippen molar-refractivity contribution in [1.29, 1.82) is 5.26 Å². The Labute approximate surface area is 413 Å². The van der Waals surface area contributed by atoms with Gasteiger partial charge in [0.1, 0.15) is 29.0 Å². The Bertz CT molecular complexity index is 2770. The van der Waals surface area contributed by atoms with Crippen molar-refractivity contribution in [3.8, 4) is 28.6 Å². The van der Waals surface area contributed by atoms with Crippen molar-refractivity contribution in [2.24, 2.45) is 5.41 Å². The van der Waals surface area contributed by atoms with E-state index < -0.39 is 6.04 Å². The molecule has 0 saturated carbocycles. The number of benzene rings is 1. The van der Waals surface area contributed by atoms with E-state index in [4.69, 9.17) is 25.0 Å². The Morgan fingerprint density at radius 3 is 2.27 bits per heavy atom. The van der Waals surface area contributed by atoms with Crippen LogP contribution in [0.2, 0.25) is 0 Å². The van der Waals surface area contributed by atoms with Gasteiger partial charge in [0.05, 0.1) is 48.0 Å². The van der Waals surface area contributed by atoms with Crippen LogP contribution in [0.15, 0.2) is 67.4 Å². The van der Waals surface area contributed by atoms with Crippen molar-refractivity contribution in [2.75, 3.05) is 42.9 Å². The fourth-order valence-electron chi connectivity index (χ4n) is 11.5. The lowest BCUT2D eigenvalue weighted by Crippen LogP contribution is -2.50. The Kier molecular flexibility index (Phi) is 14.5. The number of nitrogens with one attached hydrogen (secondary N) is 3. The van der Waals surface area contributed by atoms with Crippen LogP contribution >= 0.6 is 0 Å². The Morgan fingerprint density at radius 1 is 0.915 bits per heavy atom. The molecule has 5 saturated heterocycles. The van der Waals surface area contributed by atoms with Crippen LogP contribution in [0.1, 0.15) is 114 Å². The highest BCUT2D eigenvalue weighted by Crippen LogP contribution is 2.44. The molecule has 5 fully saturated rings. The summed E-state index contributed by atoms with van der Waals surface area (Å²) < 4.78 is 3.71. The van der Waals surface area contributed by atoms with E-state index >= 15 is 0 Å². The number of likely N-dealkylation sites (tertiary alicyclic amines) is 1. The number of carbonyl (C=O) groups is 5. The topological polar surface area (TPSA) is 236 Å². The summed E-state index contributed by atoms with van der Waals surface area (Å²) in [5.41, 5.74) is 5.72. The van der Waals surface area contributed by atoms with Crippen LogP contribution in [-0.4, -0.2) is 131 Å². The quantitative estimate of drug-likeness (QED) is 0.0888. The third-order valence-corrected chi connectivity index (χ3v) is 15.5. The van der Waals surface area contributed by atoms with Gasteiger partial charge in [0.15, 0.2) is 0 Å². The molecule has 9 heterocycles. The third-order valence-electron chi connectivity index (χ3n) is 15.5. The van der Waals surface area contributed by atoms with E-state index in [1.807, 2.05) is 72.5 Å². The van der Waals surface area contributed by atoms with Gasteiger partial charge < -0.3 is 25.5 Å². The van der Waals surface area contributed by atoms with Crippen LogP contribution in [0.4, 0.5) is 11.5 Å². The lowest BCUT2D eigenvalue weighted by atomic mass is 9.75. The van der Waals surface area contributed by atoms with Gasteiger partial charge in [-0.3, -0.25) is 38.9 Å². The molecule has 3 unspecified atom stereocenters. The van der Waals surface area contributed by atoms with Gasteiger partial charge in [-0.05, 0) is 114 Å². The molecular weight excluding hydrogens is 903 g/mol. The minimum Gasteiger partial charge on any atom is -0.483 e. The van der Waals surface area contributed by atoms with E-state index in [1.54, 1.807) is 10.7 Å². The number of imide groups is 1. The smallest absolute Gasteiger partial charge is 0.290 e. The number of nitrogens with zero attached hydrogens (tertiary/aromatic N) is 10. The monoisotopic (exact) mass is 966 g/mol. The second-order valence-electron chi connectivity index (χ2n) is 20.0. The first-order valence-electron chi connectivity index (χ1n) is 25.1. The van der Waals surface area contributed by atoms with Crippen molar-refractivity contribution >= 4 is 47.1 Å². The Morgan fingerprint density at radius 2 is 1.63 bits per heavy atom. The second-order valence-corrected chi connectivity index (χ2v) is 20.0. The van der Waals surface area contributed by atoms with Gasteiger partial charge in [-0.15, -0.1) is 0 Å². The number of fused-ring (bicyclic) bond motifs is 3. The van der Waals surface area contributed by atoms with Crippen LogP contribution < -0.4 is 20.9 Å². The SMILES string of the molecule is CCC1(C(=O)NC(C)C)CCN(c2ccc(-c3nc(-c4cnn(C5CCN(C(=O)CN6C7CCC6CC(c6ccc(NC8CCC(=O)NC8=O)cc6)C7)CC5)c4)cn4ncc(C#N)c34)cn2)CC1.O=CO. The summed E-state index contributed by atoms with van der Waals surface area (Å²) in [6.45, 7) is 9.13. The minimum absolute atomic E-state index is 0.106. The molecule has 10 rings (SSSR count). The van der Waals surface area contributed by atoms with E-state index in [2.05, 4.69) is 56.0 Å². The lowest BCUT2D eigenvalue weighted by Gasteiger charge is -2.41. The van der Waals surface area contributed by atoms with Crippen LogP contribution in [0, 0.1) is 16.7 Å². The first-order chi connectivity index (χ1) is 34.4. The molecule has 4 aromatic heterocycles. The standard InChI is InChI=1S/C51H61N13O4.CH2O2/c1-4-51(50(68)56-32(2)3)17-21-60(22-18-51)44-13-7-34(26-53-44)47-48-36(25-52)27-55-64(48)30-43(58-47)37-28-54-63(29-37)39-15-19-61(20-16-39)46(66)31-62-40-10-11-41(62)24-35(23-40)33-5-8-38(9-6-33)57-42-12-14-45(65)59-49(42)67;2-1-3/h5-9,13,26-30,32,35,39-42,57H,4,10-12,14-24,31H2,1-3H3,(H,56,68)(H,59,65,67);1H,(H,2,3). The molecule has 19 heteroatoms. The zero-order valence-corrected chi connectivity index (χ0v) is 40.7. The van der Waals surface area contributed by atoms with Crippen LogP contribution in [-0.2, 0) is 24.0 Å². The molecule has 5 aromatic rings. The van der Waals surface area contributed by atoms with Gasteiger partial charge in [0, 0.05) is 79.9 Å². The Balaban J connectivity index is 0.00000203. The minimum atomic E-state index is -0.404. The van der Waals surface area contributed by atoms with Crippen LogP contribution in [0.5, 0.6) is 0 Å². The molecule has 71 heavy (non-hydrogen) atoms. The molecule has 372 valence electrons. The highest BCUT2D eigenvalue weighted by atomic mass is 16.3. The molecule has 1 aromatic carbocycles. The van der Waals surface area contributed by atoms with Crippen LogP contribution in [0.25, 0.3) is 28.0 Å². The summed E-state index contributed by atoms with van der Waals surface area (Å²) in [5.74, 6) is 1.13. The third kappa shape index (κ3) is 10.3. The van der Waals surface area contributed by atoms with E-state index in [0.717, 1.165) is 93.5 Å². The molecule has 4 N–H and O–H groups in total. The molecule has 5 aliphatic rings.